The second kappa shape index (κ2) is 6.20. The van der Waals surface area contributed by atoms with E-state index in [2.05, 4.69) is 39.1 Å². The average Bonchev–Trinajstić information content (AvgIpc) is 3.06. The summed E-state index contributed by atoms with van der Waals surface area (Å²) in [5.74, 6) is 0.941. The van der Waals surface area contributed by atoms with Crippen LogP contribution in [0.2, 0.25) is 0 Å². The Morgan fingerprint density at radius 1 is 1.48 bits per heavy atom. The smallest absolute Gasteiger partial charge is 0.317 e. The van der Waals surface area contributed by atoms with Crippen LogP contribution in [-0.2, 0) is 0 Å². The maximum Gasteiger partial charge on any atom is 0.317 e. The number of rotatable bonds is 5. The van der Waals surface area contributed by atoms with E-state index < -0.39 is 0 Å². The number of nitrogens with one attached hydrogen (secondary N) is 2. The van der Waals surface area contributed by atoms with Gasteiger partial charge in [-0.2, -0.15) is 0 Å². The Morgan fingerprint density at radius 3 is 3.08 bits per heavy atom. The fourth-order valence-electron chi connectivity index (χ4n) is 4.06. The molecule has 2 aromatic rings. The van der Waals surface area contributed by atoms with Crippen LogP contribution in [-0.4, -0.2) is 58.6 Å². The van der Waals surface area contributed by atoms with Crippen molar-refractivity contribution in [2.24, 2.45) is 5.41 Å². The SMILES string of the molecule is CCCCNC(=O)N1C[C@H](N(C)c2ncnc3[nH]ccc23)C2(CC2)C1. The van der Waals surface area contributed by atoms with Gasteiger partial charge in [0.1, 0.15) is 17.8 Å². The van der Waals surface area contributed by atoms with Gasteiger partial charge >= 0.3 is 6.03 Å². The summed E-state index contributed by atoms with van der Waals surface area (Å²) in [6.45, 7) is 4.50. The van der Waals surface area contributed by atoms with Gasteiger partial charge in [0.05, 0.1) is 11.4 Å². The van der Waals surface area contributed by atoms with Gasteiger partial charge in [0.15, 0.2) is 0 Å². The molecular formula is C18H26N6O. The first-order valence-corrected chi connectivity index (χ1v) is 9.18. The van der Waals surface area contributed by atoms with Gasteiger partial charge in [-0.05, 0) is 25.3 Å². The number of amides is 2. The topological polar surface area (TPSA) is 77.2 Å². The highest BCUT2D eigenvalue weighted by atomic mass is 16.2. The Hall–Kier alpha value is -2.31. The summed E-state index contributed by atoms with van der Waals surface area (Å²) in [4.78, 5) is 28.7. The van der Waals surface area contributed by atoms with Crippen molar-refractivity contribution in [3.63, 3.8) is 0 Å². The number of unbranched alkanes of at least 4 members (excludes halogenated alkanes) is 1. The zero-order valence-electron chi connectivity index (χ0n) is 15.0. The van der Waals surface area contributed by atoms with Crippen molar-refractivity contribution in [2.75, 3.05) is 31.6 Å². The lowest BCUT2D eigenvalue weighted by Gasteiger charge is -2.30. The van der Waals surface area contributed by atoms with Crippen LogP contribution in [0.15, 0.2) is 18.6 Å². The van der Waals surface area contributed by atoms with Crippen LogP contribution in [0.25, 0.3) is 11.0 Å². The third-order valence-electron chi connectivity index (χ3n) is 5.73. The van der Waals surface area contributed by atoms with Crippen LogP contribution in [0.4, 0.5) is 10.6 Å². The molecule has 134 valence electrons. The van der Waals surface area contributed by atoms with Crippen LogP contribution >= 0.6 is 0 Å². The van der Waals surface area contributed by atoms with E-state index >= 15 is 0 Å². The number of likely N-dealkylation sites (tertiary alicyclic amines) is 1. The number of likely N-dealkylation sites (N-methyl/N-ethyl adjacent to an activating group) is 1. The zero-order valence-corrected chi connectivity index (χ0v) is 15.0. The van der Waals surface area contributed by atoms with E-state index in [1.165, 1.54) is 12.8 Å². The van der Waals surface area contributed by atoms with Crippen LogP contribution in [0.5, 0.6) is 0 Å². The van der Waals surface area contributed by atoms with Crippen LogP contribution < -0.4 is 10.2 Å². The molecule has 2 aliphatic rings. The minimum atomic E-state index is 0.0742. The van der Waals surface area contributed by atoms with Crippen molar-refractivity contribution < 1.29 is 4.79 Å². The fourth-order valence-corrected chi connectivity index (χ4v) is 4.06. The molecule has 0 unspecified atom stereocenters. The number of carbonyl (C=O) groups excluding carboxylic acids is 1. The average molecular weight is 342 g/mol. The van der Waals surface area contributed by atoms with E-state index in [1.54, 1.807) is 6.33 Å². The zero-order chi connectivity index (χ0) is 17.4. The monoisotopic (exact) mass is 342 g/mol. The number of aromatic nitrogens is 3. The number of carbonyl (C=O) groups is 1. The number of H-pyrrole nitrogens is 1. The number of anilines is 1. The lowest BCUT2D eigenvalue weighted by molar-refractivity contribution is 0.206. The Balaban J connectivity index is 1.52. The molecule has 2 N–H and O–H groups in total. The van der Waals surface area contributed by atoms with Crippen LogP contribution in [0, 0.1) is 5.41 Å². The maximum atomic E-state index is 12.5. The summed E-state index contributed by atoms with van der Waals surface area (Å²) in [5.41, 5.74) is 1.08. The van der Waals surface area contributed by atoms with E-state index in [1.807, 2.05) is 17.2 Å². The molecule has 2 amide bonds. The highest BCUT2D eigenvalue weighted by molar-refractivity contribution is 5.87. The first kappa shape index (κ1) is 16.2. The Bertz CT molecular complexity index is 768. The third-order valence-corrected chi connectivity index (χ3v) is 5.73. The molecule has 0 aromatic carbocycles. The van der Waals surface area contributed by atoms with E-state index in [9.17, 15) is 4.79 Å². The predicted molar refractivity (Wildman–Crippen MR) is 97.6 cm³/mol. The predicted octanol–water partition coefficient (Wildman–Crippen LogP) is 2.37. The molecule has 1 atom stereocenters. The quantitative estimate of drug-likeness (QED) is 0.818. The number of nitrogens with zero attached hydrogens (tertiary/aromatic N) is 4. The van der Waals surface area contributed by atoms with Gasteiger partial charge in [0.2, 0.25) is 0 Å². The maximum absolute atomic E-state index is 12.5. The standard InChI is InChI=1S/C18H26N6O/c1-3-4-8-20-17(25)24-10-14(18(11-24)6-7-18)23(2)16-13-5-9-19-15(13)21-12-22-16/h5,9,12,14H,3-4,6-8,10-11H2,1-2H3,(H,20,25)(H,19,21,22)/t14-/m0/s1. The summed E-state index contributed by atoms with van der Waals surface area (Å²) >= 11 is 0. The molecule has 1 aliphatic carbocycles. The summed E-state index contributed by atoms with van der Waals surface area (Å²) in [6.07, 6.45) is 7.99. The van der Waals surface area contributed by atoms with Gasteiger partial charge in [-0.1, -0.05) is 13.3 Å². The normalized spacial score (nSPS) is 21.0. The molecule has 2 aromatic heterocycles. The lowest BCUT2D eigenvalue weighted by Crippen LogP contribution is -2.42. The largest absolute Gasteiger partial charge is 0.354 e. The molecule has 0 radical (unpaired) electrons. The Labute approximate surface area is 147 Å². The van der Waals surface area contributed by atoms with Gasteiger partial charge in [0.25, 0.3) is 0 Å². The van der Waals surface area contributed by atoms with Crippen molar-refractivity contribution in [1.82, 2.24) is 25.2 Å². The van der Waals surface area contributed by atoms with Crippen LogP contribution in [0.3, 0.4) is 0 Å². The summed E-state index contributed by atoms with van der Waals surface area (Å²) in [5, 5.41) is 4.09. The molecule has 3 heterocycles. The first-order valence-electron chi connectivity index (χ1n) is 9.18. The molecule has 25 heavy (non-hydrogen) atoms. The summed E-state index contributed by atoms with van der Waals surface area (Å²) < 4.78 is 0. The second-order valence-corrected chi connectivity index (χ2v) is 7.39. The molecule has 1 saturated heterocycles. The molecule has 7 nitrogen and oxygen atoms in total. The molecule has 4 rings (SSSR count). The van der Waals surface area contributed by atoms with Crippen molar-refractivity contribution in [3.8, 4) is 0 Å². The van der Waals surface area contributed by atoms with Crippen molar-refractivity contribution in [1.29, 1.82) is 0 Å². The Morgan fingerprint density at radius 2 is 2.32 bits per heavy atom. The fraction of sp³-hybridized carbons (Fsp3) is 0.611. The van der Waals surface area contributed by atoms with Gasteiger partial charge in [-0.3, -0.25) is 0 Å². The number of hydrogen-bond acceptors (Lipinski definition) is 4. The van der Waals surface area contributed by atoms with E-state index in [0.29, 0.717) is 6.04 Å². The van der Waals surface area contributed by atoms with Crippen molar-refractivity contribution in [2.45, 2.75) is 38.6 Å². The second-order valence-electron chi connectivity index (χ2n) is 7.39. The Kier molecular flexibility index (Phi) is 4.01. The van der Waals surface area contributed by atoms with Gasteiger partial charge in [0, 0.05) is 38.3 Å². The lowest BCUT2D eigenvalue weighted by atomic mass is 9.99. The minimum Gasteiger partial charge on any atom is -0.354 e. The molecule has 1 spiro atoms. The minimum absolute atomic E-state index is 0.0742. The first-order chi connectivity index (χ1) is 12.1. The van der Waals surface area contributed by atoms with Gasteiger partial charge in [-0.25, -0.2) is 14.8 Å². The number of fused-ring (bicyclic) bond motifs is 1. The molecule has 0 bridgehead atoms. The van der Waals surface area contributed by atoms with Gasteiger partial charge in [-0.15, -0.1) is 0 Å². The summed E-state index contributed by atoms with van der Waals surface area (Å²) in [6, 6.07) is 2.40. The molecular weight excluding hydrogens is 316 g/mol. The van der Waals surface area contributed by atoms with E-state index in [4.69, 9.17) is 0 Å². The number of urea groups is 1. The molecule has 1 aliphatic heterocycles. The highest BCUT2D eigenvalue weighted by Crippen LogP contribution is 2.55. The van der Waals surface area contributed by atoms with Crippen molar-refractivity contribution in [3.05, 3.63) is 18.6 Å². The summed E-state index contributed by atoms with van der Waals surface area (Å²) in [7, 11) is 2.10. The highest BCUT2D eigenvalue weighted by Gasteiger charge is 2.57. The van der Waals surface area contributed by atoms with Crippen LogP contribution in [0.1, 0.15) is 32.6 Å². The van der Waals surface area contributed by atoms with E-state index in [-0.39, 0.29) is 11.4 Å². The molecule has 1 saturated carbocycles. The number of aromatic amines is 1. The third kappa shape index (κ3) is 2.81. The van der Waals surface area contributed by atoms with E-state index in [0.717, 1.165) is 49.3 Å². The van der Waals surface area contributed by atoms with Gasteiger partial charge < -0.3 is 20.1 Å². The van der Waals surface area contributed by atoms with Crippen molar-refractivity contribution >= 4 is 22.9 Å². The number of hydrogen-bond donors (Lipinski definition) is 2. The molecule has 7 heteroatoms. The molecule has 2 fully saturated rings.